The minimum absolute atomic E-state index is 0.0283. The van der Waals surface area contributed by atoms with Crippen molar-refractivity contribution in [2.45, 2.75) is 12.8 Å². The van der Waals surface area contributed by atoms with E-state index in [0.29, 0.717) is 5.56 Å². The van der Waals surface area contributed by atoms with Crippen LogP contribution in [0, 0.1) is 5.92 Å². The maximum absolute atomic E-state index is 11.5. The first-order chi connectivity index (χ1) is 9.10. The summed E-state index contributed by atoms with van der Waals surface area (Å²) in [5, 5.41) is 8.38. The molecule has 2 amide bonds. The molecule has 1 fully saturated rings. The van der Waals surface area contributed by atoms with E-state index in [1.54, 1.807) is 31.3 Å². The Labute approximate surface area is 116 Å². The van der Waals surface area contributed by atoms with Crippen LogP contribution >= 0.6 is 12.2 Å². The molecule has 0 saturated heterocycles. The molecule has 1 aromatic rings. The molecule has 0 aromatic heterocycles. The summed E-state index contributed by atoms with van der Waals surface area (Å²) in [6.07, 6.45) is 1.88. The van der Waals surface area contributed by atoms with Crippen molar-refractivity contribution in [3.63, 3.8) is 0 Å². The number of amides is 2. The highest BCUT2D eigenvalue weighted by molar-refractivity contribution is 7.80. The van der Waals surface area contributed by atoms with Crippen LogP contribution in [-0.4, -0.2) is 24.0 Å². The average molecular weight is 277 g/mol. The summed E-state index contributed by atoms with van der Waals surface area (Å²) in [5.74, 6) is -0.0500. The SMILES string of the molecule is CNC(=O)c1ccc(NC(=S)NC(=O)C2CC2)cc1. The van der Waals surface area contributed by atoms with Crippen molar-refractivity contribution >= 4 is 34.8 Å². The van der Waals surface area contributed by atoms with Crippen molar-refractivity contribution in [1.82, 2.24) is 10.6 Å². The van der Waals surface area contributed by atoms with Crippen LogP contribution in [-0.2, 0) is 4.79 Å². The first kappa shape index (κ1) is 13.5. The molecule has 5 nitrogen and oxygen atoms in total. The predicted molar refractivity (Wildman–Crippen MR) is 76.9 cm³/mol. The molecular formula is C13H15N3O2S. The summed E-state index contributed by atoms with van der Waals surface area (Å²) in [6, 6.07) is 6.85. The number of hydrogen-bond donors (Lipinski definition) is 3. The van der Waals surface area contributed by atoms with Crippen LogP contribution < -0.4 is 16.0 Å². The second-order valence-electron chi connectivity index (χ2n) is 4.37. The van der Waals surface area contributed by atoms with Crippen molar-refractivity contribution in [2.75, 3.05) is 12.4 Å². The standard InChI is InChI=1S/C13H15N3O2S/c1-14-11(17)8-4-6-10(7-5-8)15-13(19)16-12(18)9-2-3-9/h4-7,9H,2-3H2,1H3,(H,14,17)(H2,15,16,18,19). The van der Waals surface area contributed by atoms with Gasteiger partial charge in [-0.15, -0.1) is 0 Å². The topological polar surface area (TPSA) is 70.2 Å². The summed E-state index contributed by atoms with van der Waals surface area (Å²) in [6.45, 7) is 0. The fourth-order valence-electron chi connectivity index (χ4n) is 1.57. The van der Waals surface area contributed by atoms with Gasteiger partial charge in [0.05, 0.1) is 0 Å². The number of carbonyl (C=O) groups excluding carboxylic acids is 2. The summed E-state index contributed by atoms with van der Waals surface area (Å²) in [5.41, 5.74) is 1.30. The zero-order valence-corrected chi connectivity index (χ0v) is 11.3. The fourth-order valence-corrected chi connectivity index (χ4v) is 1.79. The number of rotatable bonds is 3. The second-order valence-corrected chi connectivity index (χ2v) is 4.78. The highest BCUT2D eigenvalue weighted by Crippen LogP contribution is 2.28. The number of carbonyl (C=O) groups is 2. The molecule has 100 valence electrons. The molecule has 2 rings (SSSR count). The quantitative estimate of drug-likeness (QED) is 0.728. The van der Waals surface area contributed by atoms with E-state index in [1.807, 2.05) is 0 Å². The van der Waals surface area contributed by atoms with Gasteiger partial charge in [-0.2, -0.15) is 0 Å². The second kappa shape index (κ2) is 5.79. The molecule has 0 atom stereocenters. The Bertz CT molecular complexity index is 509. The maximum Gasteiger partial charge on any atom is 0.251 e. The molecule has 1 aliphatic rings. The van der Waals surface area contributed by atoms with Gasteiger partial charge >= 0.3 is 0 Å². The Morgan fingerprint density at radius 2 is 1.84 bits per heavy atom. The lowest BCUT2D eigenvalue weighted by Gasteiger charge is -2.09. The number of nitrogens with one attached hydrogen (secondary N) is 3. The highest BCUT2D eigenvalue weighted by atomic mass is 32.1. The summed E-state index contributed by atoms with van der Waals surface area (Å²) < 4.78 is 0. The van der Waals surface area contributed by atoms with Crippen molar-refractivity contribution in [3.05, 3.63) is 29.8 Å². The van der Waals surface area contributed by atoms with E-state index in [4.69, 9.17) is 12.2 Å². The molecule has 1 saturated carbocycles. The molecule has 0 unspecified atom stereocenters. The zero-order chi connectivity index (χ0) is 13.8. The highest BCUT2D eigenvalue weighted by Gasteiger charge is 2.29. The fraction of sp³-hybridized carbons (Fsp3) is 0.308. The van der Waals surface area contributed by atoms with E-state index in [9.17, 15) is 9.59 Å². The van der Waals surface area contributed by atoms with Gasteiger partial charge in [-0.1, -0.05) is 0 Å². The Kier molecular flexibility index (Phi) is 4.11. The van der Waals surface area contributed by atoms with Crippen LogP contribution in [0.25, 0.3) is 0 Å². The van der Waals surface area contributed by atoms with Crippen molar-refractivity contribution in [3.8, 4) is 0 Å². The predicted octanol–water partition coefficient (Wildman–Crippen LogP) is 1.27. The third-order valence-corrected chi connectivity index (χ3v) is 3.02. The summed E-state index contributed by atoms with van der Waals surface area (Å²) in [4.78, 5) is 22.9. The Hall–Kier alpha value is -1.95. The van der Waals surface area contributed by atoms with Gasteiger partial charge in [0.25, 0.3) is 5.91 Å². The maximum atomic E-state index is 11.5. The molecule has 0 bridgehead atoms. The third kappa shape index (κ3) is 3.75. The first-order valence-electron chi connectivity index (χ1n) is 6.04. The minimum atomic E-state index is -0.142. The van der Waals surface area contributed by atoms with Crippen LogP contribution in [0.15, 0.2) is 24.3 Å². The van der Waals surface area contributed by atoms with Crippen molar-refractivity contribution in [2.24, 2.45) is 5.92 Å². The largest absolute Gasteiger partial charge is 0.355 e. The van der Waals surface area contributed by atoms with Gasteiger partial charge in [-0.25, -0.2) is 0 Å². The van der Waals surface area contributed by atoms with E-state index < -0.39 is 0 Å². The molecule has 0 aliphatic heterocycles. The molecule has 6 heteroatoms. The minimum Gasteiger partial charge on any atom is -0.355 e. The number of benzene rings is 1. The number of anilines is 1. The van der Waals surface area contributed by atoms with Crippen LogP contribution in [0.5, 0.6) is 0 Å². The average Bonchev–Trinajstić information content (AvgIpc) is 3.22. The number of hydrogen-bond acceptors (Lipinski definition) is 3. The van der Waals surface area contributed by atoms with Crippen LogP contribution in [0.4, 0.5) is 5.69 Å². The Balaban J connectivity index is 1.89. The van der Waals surface area contributed by atoms with Gasteiger partial charge in [-0.3, -0.25) is 9.59 Å². The zero-order valence-electron chi connectivity index (χ0n) is 10.5. The van der Waals surface area contributed by atoms with Crippen LogP contribution in [0.2, 0.25) is 0 Å². The summed E-state index contributed by atoms with van der Waals surface area (Å²) in [7, 11) is 1.58. The molecule has 1 aromatic carbocycles. The Morgan fingerprint density at radius 3 is 2.37 bits per heavy atom. The monoisotopic (exact) mass is 277 g/mol. The molecule has 3 N–H and O–H groups in total. The van der Waals surface area contributed by atoms with E-state index in [2.05, 4.69) is 16.0 Å². The van der Waals surface area contributed by atoms with Gasteiger partial charge in [0.2, 0.25) is 5.91 Å². The molecule has 1 aliphatic carbocycles. The normalized spacial score (nSPS) is 13.5. The van der Waals surface area contributed by atoms with Gasteiger partial charge < -0.3 is 16.0 Å². The Morgan fingerprint density at radius 1 is 1.21 bits per heavy atom. The van der Waals surface area contributed by atoms with E-state index in [0.717, 1.165) is 18.5 Å². The van der Waals surface area contributed by atoms with Crippen molar-refractivity contribution in [1.29, 1.82) is 0 Å². The molecule has 0 radical (unpaired) electrons. The smallest absolute Gasteiger partial charge is 0.251 e. The van der Waals surface area contributed by atoms with Crippen LogP contribution in [0.1, 0.15) is 23.2 Å². The molecule has 0 heterocycles. The molecular weight excluding hydrogens is 262 g/mol. The van der Waals surface area contributed by atoms with E-state index in [-0.39, 0.29) is 22.8 Å². The van der Waals surface area contributed by atoms with Gasteiger partial charge in [0.1, 0.15) is 0 Å². The lowest BCUT2D eigenvalue weighted by molar-refractivity contribution is -0.120. The molecule has 19 heavy (non-hydrogen) atoms. The van der Waals surface area contributed by atoms with Gasteiger partial charge in [0, 0.05) is 24.2 Å². The van der Waals surface area contributed by atoms with Gasteiger partial charge in [-0.05, 0) is 49.3 Å². The van der Waals surface area contributed by atoms with E-state index >= 15 is 0 Å². The van der Waals surface area contributed by atoms with Crippen molar-refractivity contribution < 1.29 is 9.59 Å². The lowest BCUT2D eigenvalue weighted by Crippen LogP contribution is -2.35. The molecule has 0 spiro atoms. The van der Waals surface area contributed by atoms with Gasteiger partial charge in [0.15, 0.2) is 5.11 Å². The first-order valence-corrected chi connectivity index (χ1v) is 6.45. The van der Waals surface area contributed by atoms with Crippen LogP contribution in [0.3, 0.4) is 0 Å². The number of thiocarbonyl (C=S) groups is 1. The lowest BCUT2D eigenvalue weighted by atomic mass is 10.2. The summed E-state index contributed by atoms with van der Waals surface area (Å²) >= 11 is 5.04. The van der Waals surface area contributed by atoms with E-state index in [1.165, 1.54) is 0 Å². The third-order valence-electron chi connectivity index (χ3n) is 2.82.